The molecule has 1 fully saturated rings. The van der Waals surface area contributed by atoms with Crippen LogP contribution in [0.3, 0.4) is 0 Å². The quantitative estimate of drug-likeness (QED) is 0.469. The maximum atomic E-state index is 12.5. The van der Waals surface area contributed by atoms with Crippen LogP contribution in [0.4, 0.5) is 10.1 Å². The Bertz CT molecular complexity index is 836. The minimum atomic E-state index is -1.16. The van der Waals surface area contributed by atoms with E-state index in [4.69, 9.17) is 11.6 Å². The fraction of sp³-hybridized carbons (Fsp3) is 0.350. The summed E-state index contributed by atoms with van der Waals surface area (Å²) in [6.45, 7) is 0.202. The monoisotopic (exact) mass is 440 g/mol. The lowest BCUT2D eigenvalue weighted by atomic mass is 10.00. The number of hydrogen-bond acceptors (Lipinski definition) is 6. The van der Waals surface area contributed by atoms with Crippen LogP contribution in [0.1, 0.15) is 23.6 Å². The third kappa shape index (κ3) is 7.08. The smallest absolute Gasteiger partial charge is 0.141 e. The van der Waals surface area contributed by atoms with Crippen molar-refractivity contribution in [3.63, 3.8) is 0 Å². The van der Waals surface area contributed by atoms with Gasteiger partial charge in [-0.3, -0.25) is 9.44 Å². The number of nitrogens with zero attached hydrogens (tertiary/aromatic N) is 1. The van der Waals surface area contributed by atoms with Gasteiger partial charge < -0.3 is 10.1 Å². The van der Waals surface area contributed by atoms with Crippen molar-refractivity contribution >= 4 is 34.0 Å². The van der Waals surface area contributed by atoms with Crippen molar-refractivity contribution in [1.82, 2.24) is 9.44 Å². The standard InChI is InChI=1S/C13H19N3O2S.C7H7ClFN/c1-19(2)15-12(9-17)7-13(16-19)11-5-3-10(4-6-11)8-14-18;1-10-5-2-3-7(9)6(8)4-5/h3-6,9,12-13,15-16H,7-8H2,1-2H3;2-4,10H,1H3. The predicted octanol–water partition coefficient (Wildman–Crippen LogP) is 4.56. The molecule has 0 radical (unpaired) electrons. The molecule has 1 heterocycles. The van der Waals surface area contributed by atoms with Crippen LogP contribution in [-0.2, 0) is 11.3 Å². The Morgan fingerprint density at radius 1 is 1.24 bits per heavy atom. The number of benzene rings is 2. The van der Waals surface area contributed by atoms with Gasteiger partial charge in [0.1, 0.15) is 18.6 Å². The molecule has 0 bridgehead atoms. The topological polar surface area (TPSA) is 82.6 Å². The predicted molar refractivity (Wildman–Crippen MR) is 120 cm³/mol. The summed E-state index contributed by atoms with van der Waals surface area (Å²) in [5.41, 5.74) is 2.86. The Morgan fingerprint density at radius 3 is 2.48 bits per heavy atom. The number of carbonyl (C=O) groups excluding carboxylic acids is 1. The molecule has 0 aliphatic carbocycles. The molecule has 3 N–H and O–H groups in total. The van der Waals surface area contributed by atoms with Gasteiger partial charge in [-0.1, -0.05) is 41.0 Å². The second-order valence-electron chi connectivity index (χ2n) is 7.00. The van der Waals surface area contributed by atoms with Gasteiger partial charge >= 0.3 is 0 Å². The van der Waals surface area contributed by atoms with E-state index in [0.29, 0.717) is 0 Å². The van der Waals surface area contributed by atoms with Gasteiger partial charge in [0, 0.05) is 18.8 Å². The molecule has 1 aliphatic heterocycles. The Hall–Kier alpha value is -2.00. The van der Waals surface area contributed by atoms with E-state index in [0.717, 1.165) is 29.5 Å². The normalized spacial score (nSPS) is 21.3. The minimum absolute atomic E-state index is 0.104. The summed E-state index contributed by atoms with van der Waals surface area (Å²) >= 11 is 5.48. The highest BCUT2D eigenvalue weighted by Crippen LogP contribution is 2.40. The third-order valence-electron chi connectivity index (χ3n) is 4.37. The van der Waals surface area contributed by atoms with Crippen LogP contribution in [0.2, 0.25) is 5.02 Å². The third-order valence-corrected chi connectivity index (χ3v) is 6.43. The Kier molecular flexibility index (Phi) is 8.58. The summed E-state index contributed by atoms with van der Waals surface area (Å²) in [6, 6.07) is 12.4. The van der Waals surface area contributed by atoms with Crippen LogP contribution in [0.5, 0.6) is 0 Å². The lowest BCUT2D eigenvalue weighted by Crippen LogP contribution is -2.47. The Labute approximate surface area is 177 Å². The molecule has 1 saturated heterocycles. The highest BCUT2D eigenvalue weighted by Gasteiger charge is 2.30. The fourth-order valence-electron chi connectivity index (χ4n) is 2.99. The van der Waals surface area contributed by atoms with Crippen molar-refractivity contribution in [2.75, 3.05) is 24.9 Å². The molecule has 2 atom stereocenters. The SMILES string of the molecule is CNc1ccc(F)c(Cl)c1.CS1(C)NC(C=O)CC(c2ccc(CN=O)cc2)N1. The largest absolute Gasteiger partial charge is 0.388 e. The summed E-state index contributed by atoms with van der Waals surface area (Å²) in [5, 5.41) is 5.87. The second kappa shape index (κ2) is 10.7. The highest BCUT2D eigenvalue weighted by atomic mass is 35.5. The van der Waals surface area contributed by atoms with Crippen molar-refractivity contribution in [2.24, 2.45) is 5.18 Å². The van der Waals surface area contributed by atoms with Crippen LogP contribution < -0.4 is 14.8 Å². The van der Waals surface area contributed by atoms with Gasteiger partial charge in [0.15, 0.2) is 0 Å². The summed E-state index contributed by atoms with van der Waals surface area (Å²) in [6.07, 6.45) is 5.92. The molecule has 2 aromatic rings. The molecule has 0 aromatic heterocycles. The summed E-state index contributed by atoms with van der Waals surface area (Å²) < 4.78 is 19.3. The first-order valence-corrected chi connectivity index (χ1v) is 11.8. The van der Waals surface area contributed by atoms with E-state index in [1.54, 1.807) is 13.1 Å². The van der Waals surface area contributed by atoms with Gasteiger partial charge in [0.25, 0.3) is 0 Å². The highest BCUT2D eigenvalue weighted by molar-refractivity contribution is 8.29. The van der Waals surface area contributed by atoms with E-state index in [9.17, 15) is 14.1 Å². The van der Waals surface area contributed by atoms with Gasteiger partial charge in [-0.2, -0.15) is 4.91 Å². The zero-order chi connectivity index (χ0) is 21.4. The van der Waals surface area contributed by atoms with Gasteiger partial charge in [0.05, 0.1) is 11.1 Å². The average molecular weight is 441 g/mol. The molecule has 0 spiro atoms. The number of halogens is 2. The van der Waals surface area contributed by atoms with Gasteiger partial charge in [-0.15, -0.1) is 10.4 Å². The van der Waals surface area contributed by atoms with E-state index in [1.807, 2.05) is 24.3 Å². The van der Waals surface area contributed by atoms with E-state index in [-0.39, 0.29) is 29.5 Å². The number of hydrogen-bond donors (Lipinski definition) is 3. The van der Waals surface area contributed by atoms with Crippen molar-refractivity contribution in [3.05, 3.63) is 69.3 Å². The van der Waals surface area contributed by atoms with Crippen LogP contribution in [-0.4, -0.2) is 31.9 Å². The average Bonchev–Trinajstić information content (AvgIpc) is 2.70. The first-order chi connectivity index (χ1) is 13.8. The fourth-order valence-corrected chi connectivity index (χ4v) is 5.09. The molecule has 9 heteroatoms. The van der Waals surface area contributed by atoms with E-state index in [2.05, 4.69) is 32.4 Å². The maximum absolute atomic E-state index is 12.5. The number of rotatable bonds is 5. The van der Waals surface area contributed by atoms with Crippen LogP contribution in [0.15, 0.2) is 47.6 Å². The van der Waals surface area contributed by atoms with Crippen molar-refractivity contribution in [3.8, 4) is 0 Å². The molecule has 0 saturated carbocycles. The van der Waals surface area contributed by atoms with E-state index in [1.165, 1.54) is 12.1 Å². The number of anilines is 1. The molecule has 29 heavy (non-hydrogen) atoms. The zero-order valence-corrected chi connectivity index (χ0v) is 18.2. The molecular formula is C20H26ClFN4O2S. The zero-order valence-electron chi connectivity index (χ0n) is 16.6. The first-order valence-electron chi connectivity index (χ1n) is 9.02. The summed E-state index contributed by atoms with van der Waals surface area (Å²) in [4.78, 5) is 21.3. The Balaban J connectivity index is 0.000000253. The van der Waals surface area contributed by atoms with Crippen molar-refractivity contribution < 1.29 is 9.18 Å². The van der Waals surface area contributed by atoms with Crippen molar-refractivity contribution in [2.45, 2.75) is 25.0 Å². The lowest BCUT2D eigenvalue weighted by molar-refractivity contribution is -0.109. The molecule has 1 aliphatic rings. The summed E-state index contributed by atoms with van der Waals surface area (Å²) in [5.74, 6) is -0.388. The minimum Gasteiger partial charge on any atom is -0.388 e. The Morgan fingerprint density at radius 2 is 1.93 bits per heavy atom. The van der Waals surface area contributed by atoms with Crippen LogP contribution in [0.25, 0.3) is 0 Å². The number of aldehydes is 1. The molecule has 6 nitrogen and oxygen atoms in total. The number of nitrogens with one attached hydrogen (secondary N) is 3. The van der Waals surface area contributed by atoms with Gasteiger partial charge in [-0.25, -0.2) is 4.39 Å². The molecule has 0 amide bonds. The van der Waals surface area contributed by atoms with Gasteiger partial charge in [0.2, 0.25) is 0 Å². The van der Waals surface area contributed by atoms with Crippen molar-refractivity contribution in [1.29, 1.82) is 0 Å². The first kappa shape index (κ1) is 23.3. The number of nitroso groups, excluding NO2 is 1. The molecular weight excluding hydrogens is 415 g/mol. The maximum Gasteiger partial charge on any atom is 0.141 e. The number of carbonyl (C=O) groups is 1. The van der Waals surface area contributed by atoms with E-state index < -0.39 is 10.4 Å². The molecule has 2 aromatic carbocycles. The molecule has 158 valence electrons. The summed E-state index contributed by atoms with van der Waals surface area (Å²) in [7, 11) is 0.592. The van der Waals surface area contributed by atoms with E-state index >= 15 is 0 Å². The second-order valence-corrected chi connectivity index (χ2v) is 10.5. The van der Waals surface area contributed by atoms with Gasteiger partial charge in [-0.05, 0) is 48.3 Å². The lowest BCUT2D eigenvalue weighted by Gasteiger charge is -2.45. The molecule has 2 unspecified atom stereocenters. The molecule has 3 rings (SSSR count). The van der Waals surface area contributed by atoms with Crippen LogP contribution in [0, 0.1) is 10.7 Å². The van der Waals surface area contributed by atoms with Crippen LogP contribution >= 0.6 is 22.0 Å².